The van der Waals surface area contributed by atoms with Gasteiger partial charge in [-0.15, -0.1) is 0 Å². The molecule has 0 saturated heterocycles. The average molecular weight is 392 g/mol. The van der Waals surface area contributed by atoms with Crippen LogP contribution in [0.5, 0.6) is 0 Å². The Labute approximate surface area is 164 Å². The number of benzene rings is 1. The first-order valence-electron chi connectivity index (χ1n) is 9.24. The van der Waals surface area contributed by atoms with Crippen molar-refractivity contribution < 1.29 is 29.5 Å². The van der Waals surface area contributed by atoms with Crippen LogP contribution in [0.4, 0.5) is 0 Å². The highest BCUT2D eigenvalue weighted by molar-refractivity contribution is 5.92. The molecule has 2 atom stereocenters. The molecule has 0 radical (unpaired) electrons. The number of ketones is 1. The maximum atomic E-state index is 12.7. The van der Waals surface area contributed by atoms with Gasteiger partial charge in [0.25, 0.3) is 0 Å². The van der Waals surface area contributed by atoms with Crippen LogP contribution in [0.2, 0.25) is 0 Å². The van der Waals surface area contributed by atoms with Crippen molar-refractivity contribution in [3.05, 3.63) is 35.9 Å². The summed E-state index contributed by atoms with van der Waals surface area (Å²) in [6.07, 6.45) is -0.0877. The smallest absolute Gasteiger partial charge is 0.303 e. The van der Waals surface area contributed by atoms with E-state index in [0.29, 0.717) is 6.42 Å². The number of hydrogen-bond acceptors (Lipinski definition) is 5. The number of nitrogens with one attached hydrogen (secondary N) is 2. The van der Waals surface area contributed by atoms with Crippen LogP contribution in [0.25, 0.3) is 0 Å². The van der Waals surface area contributed by atoms with Crippen LogP contribution in [0.15, 0.2) is 30.3 Å². The topological polar surface area (TPSA) is 133 Å². The molecule has 0 aliphatic rings. The Kier molecular flexibility index (Phi) is 9.87. The summed E-state index contributed by atoms with van der Waals surface area (Å²) < 4.78 is 0. The normalized spacial score (nSPS) is 12.9. The molecule has 8 heteroatoms. The van der Waals surface area contributed by atoms with Crippen LogP contribution in [0.1, 0.15) is 45.1 Å². The Morgan fingerprint density at radius 1 is 1.04 bits per heavy atom. The number of amides is 2. The fourth-order valence-electron chi connectivity index (χ4n) is 2.91. The Morgan fingerprint density at radius 3 is 2.21 bits per heavy atom. The van der Waals surface area contributed by atoms with Gasteiger partial charge in [0.15, 0.2) is 5.78 Å². The highest BCUT2D eigenvalue weighted by Gasteiger charge is 2.28. The minimum Gasteiger partial charge on any atom is -0.481 e. The monoisotopic (exact) mass is 392 g/mol. The number of carbonyl (C=O) groups is 4. The lowest BCUT2D eigenvalue weighted by molar-refractivity contribution is -0.139. The van der Waals surface area contributed by atoms with E-state index in [4.69, 9.17) is 10.3 Å². The Bertz CT molecular complexity index is 675. The molecule has 1 rings (SSSR count). The lowest BCUT2D eigenvalue weighted by Gasteiger charge is -2.23. The van der Waals surface area contributed by atoms with Crippen LogP contribution in [-0.2, 0) is 25.6 Å². The SMILES string of the molecule is CC(C)C[C@H](CC(=O)NO)C(=O)NC(Cc1ccccc1)C(=O)CCC(=O)O. The van der Waals surface area contributed by atoms with Gasteiger partial charge in [0.1, 0.15) is 0 Å². The first-order chi connectivity index (χ1) is 13.2. The lowest BCUT2D eigenvalue weighted by atomic mass is 9.91. The van der Waals surface area contributed by atoms with Crippen LogP contribution < -0.4 is 10.8 Å². The molecule has 0 fully saturated rings. The molecule has 0 spiro atoms. The predicted octanol–water partition coefficient (Wildman–Crippen LogP) is 1.71. The molecule has 1 aromatic rings. The number of rotatable bonds is 12. The number of carboxylic acids is 1. The van der Waals surface area contributed by atoms with E-state index in [0.717, 1.165) is 5.56 Å². The van der Waals surface area contributed by atoms with E-state index >= 15 is 0 Å². The number of hydrogen-bond donors (Lipinski definition) is 4. The second kappa shape index (κ2) is 11.9. The predicted molar refractivity (Wildman–Crippen MR) is 101 cm³/mol. The van der Waals surface area contributed by atoms with E-state index in [1.54, 1.807) is 0 Å². The summed E-state index contributed by atoms with van der Waals surface area (Å²) in [7, 11) is 0. The number of aliphatic carboxylic acids is 1. The third-order valence-electron chi connectivity index (χ3n) is 4.26. The summed E-state index contributed by atoms with van der Waals surface area (Å²) in [5.41, 5.74) is 2.35. The van der Waals surface area contributed by atoms with Crippen molar-refractivity contribution in [1.29, 1.82) is 0 Å². The largest absolute Gasteiger partial charge is 0.481 e. The van der Waals surface area contributed by atoms with Gasteiger partial charge in [-0.25, -0.2) is 5.48 Å². The highest BCUT2D eigenvalue weighted by atomic mass is 16.5. The highest BCUT2D eigenvalue weighted by Crippen LogP contribution is 2.17. The molecule has 2 amide bonds. The van der Waals surface area contributed by atoms with Gasteiger partial charge in [0, 0.05) is 18.8 Å². The summed E-state index contributed by atoms with van der Waals surface area (Å²) in [5.74, 6) is -3.21. The zero-order valence-electron chi connectivity index (χ0n) is 16.2. The fraction of sp³-hybridized carbons (Fsp3) is 0.500. The van der Waals surface area contributed by atoms with Gasteiger partial charge in [0.05, 0.1) is 12.5 Å². The van der Waals surface area contributed by atoms with Crippen molar-refractivity contribution in [2.75, 3.05) is 0 Å². The minimum absolute atomic E-state index is 0.123. The van der Waals surface area contributed by atoms with Crippen LogP contribution in [0.3, 0.4) is 0 Å². The van der Waals surface area contributed by atoms with Gasteiger partial charge in [0.2, 0.25) is 11.8 Å². The maximum Gasteiger partial charge on any atom is 0.303 e. The minimum atomic E-state index is -1.09. The van der Waals surface area contributed by atoms with Crippen LogP contribution >= 0.6 is 0 Å². The molecular formula is C20H28N2O6. The van der Waals surface area contributed by atoms with E-state index < -0.39 is 29.7 Å². The summed E-state index contributed by atoms with van der Waals surface area (Å²) in [6.45, 7) is 3.80. The van der Waals surface area contributed by atoms with Gasteiger partial charge in [-0.05, 0) is 24.3 Å². The van der Waals surface area contributed by atoms with E-state index in [1.165, 1.54) is 5.48 Å². The molecule has 0 aliphatic carbocycles. The quantitative estimate of drug-likeness (QED) is 0.316. The molecule has 8 nitrogen and oxygen atoms in total. The maximum absolute atomic E-state index is 12.7. The van der Waals surface area contributed by atoms with Crippen LogP contribution in [0, 0.1) is 11.8 Å². The van der Waals surface area contributed by atoms with E-state index in [-0.39, 0.29) is 37.4 Å². The number of carboxylic acid groups (broad SMARTS) is 1. The Hall–Kier alpha value is -2.74. The van der Waals surface area contributed by atoms with Crippen molar-refractivity contribution in [2.45, 2.75) is 52.0 Å². The third kappa shape index (κ3) is 8.77. The summed E-state index contributed by atoms with van der Waals surface area (Å²) in [6, 6.07) is 8.19. The zero-order chi connectivity index (χ0) is 21.1. The molecule has 1 aromatic carbocycles. The van der Waals surface area contributed by atoms with Gasteiger partial charge < -0.3 is 10.4 Å². The van der Waals surface area contributed by atoms with Crippen molar-refractivity contribution in [3.8, 4) is 0 Å². The number of hydroxylamine groups is 1. The van der Waals surface area contributed by atoms with Gasteiger partial charge >= 0.3 is 5.97 Å². The van der Waals surface area contributed by atoms with Crippen molar-refractivity contribution >= 4 is 23.6 Å². The molecule has 0 aromatic heterocycles. The van der Waals surface area contributed by atoms with Gasteiger partial charge in [-0.3, -0.25) is 24.4 Å². The summed E-state index contributed by atoms with van der Waals surface area (Å²) in [4.78, 5) is 47.6. The molecule has 0 heterocycles. The zero-order valence-corrected chi connectivity index (χ0v) is 16.2. The van der Waals surface area contributed by atoms with E-state index in [2.05, 4.69) is 5.32 Å². The second-order valence-corrected chi connectivity index (χ2v) is 7.18. The molecule has 28 heavy (non-hydrogen) atoms. The summed E-state index contributed by atoms with van der Waals surface area (Å²) in [5, 5.41) is 20.2. The molecule has 0 aliphatic heterocycles. The average Bonchev–Trinajstić information content (AvgIpc) is 2.65. The van der Waals surface area contributed by atoms with E-state index in [9.17, 15) is 19.2 Å². The first-order valence-corrected chi connectivity index (χ1v) is 9.24. The van der Waals surface area contributed by atoms with Crippen molar-refractivity contribution in [2.24, 2.45) is 11.8 Å². The number of Topliss-reactive ketones (excluding diaryl/α,β-unsaturated/α-hetero) is 1. The molecule has 0 bridgehead atoms. The molecule has 1 unspecified atom stereocenters. The Morgan fingerprint density at radius 2 is 1.68 bits per heavy atom. The Balaban J connectivity index is 2.93. The third-order valence-corrected chi connectivity index (χ3v) is 4.26. The first kappa shape index (κ1) is 23.3. The fourth-order valence-corrected chi connectivity index (χ4v) is 2.91. The van der Waals surface area contributed by atoms with E-state index in [1.807, 2.05) is 44.2 Å². The molecule has 154 valence electrons. The standard InChI is InChI=1S/C20H28N2O6/c1-13(2)10-15(12-18(24)22-28)20(27)21-16(17(23)8-9-19(25)26)11-14-6-4-3-5-7-14/h3-7,13,15-16,28H,8-12H2,1-2H3,(H,21,27)(H,22,24)(H,25,26)/t15-,16?/m1/s1. The van der Waals surface area contributed by atoms with Gasteiger partial charge in [-0.1, -0.05) is 44.2 Å². The van der Waals surface area contributed by atoms with Crippen molar-refractivity contribution in [3.63, 3.8) is 0 Å². The molecule has 4 N–H and O–H groups in total. The number of carbonyl (C=O) groups excluding carboxylic acids is 3. The van der Waals surface area contributed by atoms with Crippen molar-refractivity contribution in [1.82, 2.24) is 10.8 Å². The second-order valence-electron chi connectivity index (χ2n) is 7.18. The molecular weight excluding hydrogens is 364 g/mol. The molecule has 0 saturated carbocycles. The lowest BCUT2D eigenvalue weighted by Crippen LogP contribution is -2.46. The van der Waals surface area contributed by atoms with Crippen LogP contribution in [-0.4, -0.2) is 39.9 Å². The van der Waals surface area contributed by atoms with Gasteiger partial charge in [-0.2, -0.15) is 0 Å². The summed E-state index contributed by atoms with van der Waals surface area (Å²) >= 11 is 0.